The summed E-state index contributed by atoms with van der Waals surface area (Å²) in [5, 5.41) is 0. The second-order valence-electron chi connectivity index (χ2n) is 3.59. The van der Waals surface area contributed by atoms with Crippen molar-refractivity contribution in [3.63, 3.8) is 0 Å². The van der Waals surface area contributed by atoms with Gasteiger partial charge in [0.2, 0.25) is 0 Å². The summed E-state index contributed by atoms with van der Waals surface area (Å²) in [5.74, 6) is 0.247. The number of hydrogen-bond acceptors (Lipinski definition) is 4. The van der Waals surface area contributed by atoms with Gasteiger partial charge < -0.3 is 9.64 Å². The van der Waals surface area contributed by atoms with E-state index in [0.717, 1.165) is 25.9 Å². The number of hydrogen-bond donors (Lipinski definition) is 0. The Morgan fingerprint density at radius 3 is 2.29 bits per heavy atom. The van der Waals surface area contributed by atoms with Gasteiger partial charge >= 0.3 is 0 Å². The van der Waals surface area contributed by atoms with Crippen LogP contribution < -0.4 is 20.5 Å². The molecule has 0 saturated carbocycles. The first-order valence-electron chi connectivity index (χ1n) is 4.88. The van der Waals surface area contributed by atoms with Gasteiger partial charge in [-0.1, -0.05) is 0 Å². The second kappa shape index (κ2) is 3.44. The van der Waals surface area contributed by atoms with Crippen LogP contribution in [0.15, 0.2) is 9.59 Å². The number of nitrogens with zero attached hydrogens (tertiary/aromatic N) is 1. The van der Waals surface area contributed by atoms with Crippen LogP contribution in [0.5, 0.6) is 5.75 Å². The predicted molar refractivity (Wildman–Crippen MR) is 54.0 cm³/mol. The summed E-state index contributed by atoms with van der Waals surface area (Å²) in [6.07, 6.45) is 3.37. The van der Waals surface area contributed by atoms with Crippen molar-refractivity contribution in [1.29, 1.82) is 0 Å². The van der Waals surface area contributed by atoms with Gasteiger partial charge in [-0.15, -0.1) is 0 Å². The van der Waals surface area contributed by atoms with Crippen molar-refractivity contribution in [1.82, 2.24) is 0 Å². The molecule has 1 aliphatic rings. The predicted octanol–water partition coefficient (Wildman–Crippen LogP) is 0.281. The molecule has 0 bridgehead atoms. The minimum absolute atomic E-state index is 0.247. The van der Waals surface area contributed by atoms with Gasteiger partial charge in [0.25, 0.3) is 10.9 Å². The minimum Gasteiger partial charge on any atom is -0.491 e. The van der Waals surface area contributed by atoms with Crippen LogP contribution in [0, 0.1) is 0 Å². The van der Waals surface area contributed by atoms with E-state index >= 15 is 0 Å². The zero-order chi connectivity index (χ0) is 10.1. The van der Waals surface area contributed by atoms with Crippen molar-refractivity contribution >= 4 is 5.69 Å². The summed E-state index contributed by atoms with van der Waals surface area (Å²) < 4.78 is 4.90. The van der Waals surface area contributed by atoms with E-state index in [1.165, 1.54) is 13.5 Å². The average Bonchev–Trinajstić information content (AvgIpc) is 2.25. The minimum atomic E-state index is -0.479. The summed E-state index contributed by atoms with van der Waals surface area (Å²) in [5.41, 5.74) is -0.367. The molecule has 4 nitrogen and oxygen atoms in total. The van der Waals surface area contributed by atoms with Gasteiger partial charge in [0.05, 0.1) is 7.11 Å². The molecule has 2 rings (SSSR count). The topological polar surface area (TPSA) is 46.6 Å². The fourth-order valence-corrected chi connectivity index (χ4v) is 1.95. The number of rotatable bonds is 2. The third-order valence-corrected chi connectivity index (χ3v) is 2.72. The molecule has 0 unspecified atom stereocenters. The van der Waals surface area contributed by atoms with Gasteiger partial charge in [-0.2, -0.15) is 0 Å². The Hall–Kier alpha value is -1.32. The maximum absolute atomic E-state index is 11.3. The summed E-state index contributed by atoms with van der Waals surface area (Å²) in [4.78, 5) is 24.4. The first-order valence-corrected chi connectivity index (χ1v) is 4.88. The van der Waals surface area contributed by atoms with E-state index in [1.54, 1.807) is 0 Å². The highest BCUT2D eigenvalue weighted by Gasteiger charge is 2.27. The molecule has 1 saturated heterocycles. The fourth-order valence-electron chi connectivity index (χ4n) is 1.95. The van der Waals surface area contributed by atoms with Crippen LogP contribution in [0.2, 0.25) is 0 Å². The first-order chi connectivity index (χ1) is 6.75. The van der Waals surface area contributed by atoms with Gasteiger partial charge in [0, 0.05) is 13.1 Å². The SMILES string of the molecule is COc1c(N2CCCCC2)c(=O)c1=O. The van der Waals surface area contributed by atoms with E-state index in [4.69, 9.17) is 4.74 Å². The molecule has 1 aromatic rings. The molecule has 1 fully saturated rings. The highest BCUT2D eigenvalue weighted by atomic mass is 16.5. The van der Waals surface area contributed by atoms with Crippen LogP contribution in [0.1, 0.15) is 19.3 Å². The third-order valence-electron chi connectivity index (χ3n) is 2.72. The molecule has 1 aliphatic heterocycles. The molecule has 76 valence electrons. The van der Waals surface area contributed by atoms with Gasteiger partial charge in [0.15, 0.2) is 5.75 Å². The lowest BCUT2D eigenvalue weighted by Crippen LogP contribution is -2.43. The standard InChI is InChI=1S/C10H13NO3/c1-14-10-7(8(12)9(10)13)11-5-3-2-4-6-11/h2-6H2,1H3. The molecular formula is C10H13NO3. The third kappa shape index (κ3) is 1.22. The Morgan fingerprint density at radius 1 is 1.07 bits per heavy atom. The van der Waals surface area contributed by atoms with E-state index < -0.39 is 5.43 Å². The summed E-state index contributed by atoms with van der Waals surface area (Å²) >= 11 is 0. The lowest BCUT2D eigenvalue weighted by Gasteiger charge is -2.29. The van der Waals surface area contributed by atoms with E-state index in [-0.39, 0.29) is 11.2 Å². The van der Waals surface area contributed by atoms with Gasteiger partial charge in [-0.3, -0.25) is 9.59 Å². The Kier molecular flexibility index (Phi) is 2.27. The van der Waals surface area contributed by atoms with Crippen molar-refractivity contribution in [2.24, 2.45) is 0 Å². The number of ether oxygens (including phenoxy) is 1. The van der Waals surface area contributed by atoms with Crippen LogP contribution >= 0.6 is 0 Å². The van der Waals surface area contributed by atoms with E-state index in [9.17, 15) is 9.59 Å². The molecule has 0 radical (unpaired) electrons. The van der Waals surface area contributed by atoms with Crippen molar-refractivity contribution in [3.8, 4) is 5.75 Å². The van der Waals surface area contributed by atoms with Crippen LogP contribution in [0.25, 0.3) is 0 Å². The van der Waals surface area contributed by atoms with Crippen molar-refractivity contribution in [3.05, 3.63) is 20.4 Å². The zero-order valence-corrected chi connectivity index (χ0v) is 8.21. The lowest BCUT2D eigenvalue weighted by atomic mass is 10.1. The molecule has 1 heterocycles. The molecular weight excluding hydrogens is 182 g/mol. The van der Waals surface area contributed by atoms with Crippen molar-refractivity contribution in [2.45, 2.75) is 19.3 Å². The molecule has 0 aliphatic carbocycles. The maximum Gasteiger partial charge on any atom is 0.272 e. The van der Waals surface area contributed by atoms with Gasteiger partial charge in [-0.25, -0.2) is 0 Å². The van der Waals surface area contributed by atoms with Crippen LogP contribution in [-0.2, 0) is 0 Å². The average molecular weight is 195 g/mol. The van der Waals surface area contributed by atoms with Crippen LogP contribution in [0.3, 0.4) is 0 Å². The zero-order valence-electron chi connectivity index (χ0n) is 8.21. The van der Waals surface area contributed by atoms with Crippen molar-refractivity contribution in [2.75, 3.05) is 25.1 Å². The molecule has 0 spiro atoms. The van der Waals surface area contributed by atoms with Gasteiger partial charge in [-0.05, 0) is 19.3 Å². The Balaban J connectivity index is 2.27. The number of anilines is 1. The highest BCUT2D eigenvalue weighted by Crippen LogP contribution is 2.24. The summed E-state index contributed by atoms with van der Waals surface area (Å²) in [7, 11) is 1.43. The quantitative estimate of drug-likeness (QED) is 0.636. The van der Waals surface area contributed by atoms with Crippen LogP contribution in [-0.4, -0.2) is 20.2 Å². The lowest BCUT2D eigenvalue weighted by molar-refractivity contribution is 0.402. The normalized spacial score (nSPS) is 17.4. The molecule has 0 amide bonds. The summed E-state index contributed by atoms with van der Waals surface area (Å²) in [6.45, 7) is 1.72. The Bertz CT molecular complexity index is 397. The smallest absolute Gasteiger partial charge is 0.272 e. The molecule has 4 heteroatoms. The number of piperidine rings is 1. The maximum atomic E-state index is 11.3. The molecule has 14 heavy (non-hydrogen) atoms. The monoisotopic (exact) mass is 195 g/mol. The Morgan fingerprint density at radius 2 is 1.71 bits per heavy atom. The Labute approximate surface area is 81.8 Å². The fraction of sp³-hybridized carbons (Fsp3) is 0.600. The molecule has 0 atom stereocenters. The molecule has 0 N–H and O–H groups in total. The van der Waals surface area contributed by atoms with E-state index in [2.05, 4.69) is 0 Å². The van der Waals surface area contributed by atoms with Gasteiger partial charge in [0.1, 0.15) is 5.69 Å². The summed E-state index contributed by atoms with van der Waals surface area (Å²) in [6, 6.07) is 0. The van der Waals surface area contributed by atoms with Crippen molar-refractivity contribution < 1.29 is 4.74 Å². The number of methoxy groups -OCH3 is 1. The van der Waals surface area contributed by atoms with Crippen LogP contribution in [0.4, 0.5) is 5.69 Å². The largest absolute Gasteiger partial charge is 0.491 e. The molecule has 0 aromatic heterocycles. The highest BCUT2D eigenvalue weighted by molar-refractivity contribution is 5.63. The second-order valence-corrected chi connectivity index (χ2v) is 3.59. The van der Waals surface area contributed by atoms with E-state index in [0.29, 0.717) is 5.69 Å². The van der Waals surface area contributed by atoms with E-state index in [1.807, 2.05) is 4.90 Å². The molecule has 1 aromatic carbocycles. The first kappa shape index (κ1) is 9.24.